The first-order valence-corrected chi connectivity index (χ1v) is 7.31. The highest BCUT2D eigenvalue weighted by Gasteiger charge is 2.28. The topological polar surface area (TPSA) is 29.5 Å². The Labute approximate surface area is 129 Å². The van der Waals surface area contributed by atoms with Crippen LogP contribution < -0.4 is 4.74 Å². The summed E-state index contributed by atoms with van der Waals surface area (Å²) in [6.07, 6.45) is -0.643. The van der Waals surface area contributed by atoms with Crippen LogP contribution in [0.3, 0.4) is 0 Å². The molecule has 104 valence electrons. The molecule has 0 bridgehead atoms. The van der Waals surface area contributed by atoms with Crippen molar-refractivity contribution in [2.45, 2.75) is 18.6 Å². The smallest absolute Gasteiger partial charge is 0.127 e. The van der Waals surface area contributed by atoms with Crippen LogP contribution >= 0.6 is 27.5 Å². The molecule has 0 fully saturated rings. The average Bonchev–Trinajstić information content (AvgIpc) is 2.42. The van der Waals surface area contributed by atoms with Crippen LogP contribution in [-0.2, 0) is 0 Å². The van der Waals surface area contributed by atoms with E-state index in [9.17, 15) is 9.50 Å². The summed E-state index contributed by atoms with van der Waals surface area (Å²) in [6.45, 7) is 0. The van der Waals surface area contributed by atoms with Gasteiger partial charge in [-0.2, -0.15) is 0 Å². The first-order valence-electron chi connectivity index (χ1n) is 6.13. The van der Waals surface area contributed by atoms with Crippen LogP contribution in [0, 0.1) is 5.82 Å². The molecule has 0 aromatic heterocycles. The van der Waals surface area contributed by atoms with Gasteiger partial charge in [-0.25, -0.2) is 4.39 Å². The second kappa shape index (κ2) is 5.35. The Balaban J connectivity index is 1.94. The Morgan fingerprint density at radius 2 is 2.05 bits per heavy atom. The number of rotatable bonds is 1. The second-order valence-corrected chi connectivity index (χ2v) is 5.98. The maximum Gasteiger partial charge on any atom is 0.127 e. The molecule has 2 nitrogen and oxygen atoms in total. The van der Waals surface area contributed by atoms with Gasteiger partial charge in [0.1, 0.15) is 17.7 Å². The van der Waals surface area contributed by atoms with Crippen molar-refractivity contribution in [2.24, 2.45) is 0 Å². The molecule has 1 heterocycles. The quantitative estimate of drug-likeness (QED) is 0.794. The summed E-state index contributed by atoms with van der Waals surface area (Å²) >= 11 is 9.34. The van der Waals surface area contributed by atoms with E-state index in [0.717, 1.165) is 10.0 Å². The van der Waals surface area contributed by atoms with Crippen molar-refractivity contribution in [3.05, 3.63) is 62.8 Å². The van der Waals surface area contributed by atoms with E-state index >= 15 is 0 Å². The van der Waals surface area contributed by atoms with E-state index in [4.69, 9.17) is 16.3 Å². The predicted molar refractivity (Wildman–Crippen MR) is 78.5 cm³/mol. The molecule has 1 N–H and O–H groups in total. The van der Waals surface area contributed by atoms with Crippen LogP contribution in [0.1, 0.15) is 29.8 Å². The number of aliphatic hydroxyl groups is 1. The van der Waals surface area contributed by atoms with E-state index in [0.29, 0.717) is 22.8 Å². The Kier molecular flexibility index (Phi) is 3.71. The monoisotopic (exact) mass is 356 g/mol. The average molecular weight is 358 g/mol. The van der Waals surface area contributed by atoms with Gasteiger partial charge in [-0.3, -0.25) is 0 Å². The molecule has 0 radical (unpaired) electrons. The van der Waals surface area contributed by atoms with E-state index in [1.165, 1.54) is 12.1 Å². The molecule has 1 unspecified atom stereocenters. The highest BCUT2D eigenvalue weighted by Crippen LogP contribution is 2.41. The summed E-state index contributed by atoms with van der Waals surface area (Å²) in [5.41, 5.74) is 1.41. The SMILES string of the molecule is O[C@H]1CC(c2ccc(Cl)c(Br)c2)Oc2ccc(F)cc21. The lowest BCUT2D eigenvalue weighted by molar-refractivity contribution is 0.0653. The molecule has 1 aliphatic heterocycles. The Morgan fingerprint density at radius 3 is 2.80 bits per heavy atom. The number of ether oxygens (including phenoxy) is 1. The largest absolute Gasteiger partial charge is 0.485 e. The molecule has 3 rings (SSSR count). The van der Waals surface area contributed by atoms with Gasteiger partial charge in [0.25, 0.3) is 0 Å². The summed E-state index contributed by atoms with van der Waals surface area (Å²) in [5.74, 6) is 0.139. The van der Waals surface area contributed by atoms with Crippen LogP contribution in [0.2, 0.25) is 5.02 Å². The number of halogens is 3. The van der Waals surface area contributed by atoms with Crippen molar-refractivity contribution in [2.75, 3.05) is 0 Å². The fraction of sp³-hybridized carbons (Fsp3) is 0.200. The van der Waals surface area contributed by atoms with E-state index in [-0.39, 0.29) is 11.9 Å². The van der Waals surface area contributed by atoms with Gasteiger partial charge in [0.05, 0.1) is 11.1 Å². The number of fused-ring (bicyclic) bond motifs is 1. The van der Waals surface area contributed by atoms with E-state index in [1.54, 1.807) is 12.1 Å². The molecule has 2 aromatic rings. The van der Waals surface area contributed by atoms with Gasteiger partial charge in [0.2, 0.25) is 0 Å². The van der Waals surface area contributed by atoms with E-state index in [1.807, 2.05) is 12.1 Å². The van der Waals surface area contributed by atoms with Crippen LogP contribution in [0.15, 0.2) is 40.9 Å². The molecular weight excluding hydrogens is 347 g/mol. The van der Waals surface area contributed by atoms with Crippen molar-refractivity contribution in [1.29, 1.82) is 0 Å². The fourth-order valence-electron chi connectivity index (χ4n) is 2.33. The Morgan fingerprint density at radius 1 is 1.25 bits per heavy atom. The number of hydrogen-bond acceptors (Lipinski definition) is 2. The molecule has 0 amide bonds. The summed E-state index contributed by atoms with van der Waals surface area (Å²) in [7, 11) is 0. The zero-order chi connectivity index (χ0) is 14.3. The summed E-state index contributed by atoms with van der Waals surface area (Å²) in [6, 6.07) is 9.69. The normalized spacial score (nSPS) is 21.2. The van der Waals surface area contributed by atoms with Gasteiger partial charge in [-0.1, -0.05) is 17.7 Å². The molecule has 0 spiro atoms. The number of aliphatic hydroxyl groups excluding tert-OH is 1. The zero-order valence-corrected chi connectivity index (χ0v) is 12.7. The number of hydrogen-bond donors (Lipinski definition) is 1. The minimum absolute atomic E-state index is 0.281. The minimum Gasteiger partial charge on any atom is -0.485 e. The third-order valence-corrected chi connectivity index (χ3v) is 4.57. The first-order chi connectivity index (χ1) is 9.54. The van der Waals surface area contributed by atoms with Gasteiger partial charge in [0.15, 0.2) is 0 Å². The van der Waals surface area contributed by atoms with Gasteiger partial charge in [-0.15, -0.1) is 0 Å². The standard InChI is InChI=1S/C15H11BrClFO2/c16-11-5-8(1-3-12(11)17)15-7-13(19)10-6-9(18)2-4-14(10)20-15/h1-6,13,15,19H,7H2/t13-,15?/m0/s1. The molecule has 20 heavy (non-hydrogen) atoms. The minimum atomic E-state index is -0.742. The second-order valence-electron chi connectivity index (χ2n) is 4.71. The lowest BCUT2D eigenvalue weighted by Crippen LogP contribution is -2.19. The predicted octanol–water partition coefficient (Wildman–Crippen LogP) is 4.80. The lowest BCUT2D eigenvalue weighted by Gasteiger charge is -2.30. The van der Waals surface area contributed by atoms with Gasteiger partial charge in [-0.05, 0) is 51.8 Å². The summed E-state index contributed by atoms with van der Waals surface area (Å²) < 4.78 is 19.8. The van der Waals surface area contributed by atoms with Crippen molar-refractivity contribution in [3.8, 4) is 5.75 Å². The molecule has 0 saturated carbocycles. The van der Waals surface area contributed by atoms with Crippen molar-refractivity contribution < 1.29 is 14.2 Å². The molecule has 0 aliphatic carbocycles. The molecule has 1 aliphatic rings. The molecule has 5 heteroatoms. The van der Waals surface area contributed by atoms with Gasteiger partial charge >= 0.3 is 0 Å². The van der Waals surface area contributed by atoms with Crippen LogP contribution in [0.25, 0.3) is 0 Å². The van der Waals surface area contributed by atoms with Gasteiger partial charge < -0.3 is 9.84 Å². The van der Waals surface area contributed by atoms with Crippen molar-refractivity contribution in [3.63, 3.8) is 0 Å². The van der Waals surface area contributed by atoms with Crippen LogP contribution in [-0.4, -0.2) is 5.11 Å². The molecule has 2 aromatic carbocycles. The highest BCUT2D eigenvalue weighted by atomic mass is 79.9. The first kappa shape index (κ1) is 13.9. The third kappa shape index (κ3) is 2.55. The molecule has 2 atom stereocenters. The maximum atomic E-state index is 13.2. The van der Waals surface area contributed by atoms with E-state index < -0.39 is 6.10 Å². The highest BCUT2D eigenvalue weighted by molar-refractivity contribution is 9.10. The Bertz CT molecular complexity index is 662. The third-order valence-electron chi connectivity index (χ3n) is 3.35. The Hall–Kier alpha value is -1.10. The van der Waals surface area contributed by atoms with Crippen LogP contribution in [0.4, 0.5) is 4.39 Å². The van der Waals surface area contributed by atoms with Crippen molar-refractivity contribution >= 4 is 27.5 Å². The fourth-order valence-corrected chi connectivity index (χ4v) is 2.85. The summed E-state index contributed by atoms with van der Waals surface area (Å²) in [5, 5.41) is 10.8. The van der Waals surface area contributed by atoms with E-state index in [2.05, 4.69) is 15.9 Å². The van der Waals surface area contributed by atoms with Crippen LogP contribution in [0.5, 0.6) is 5.75 Å². The number of benzene rings is 2. The molecular formula is C15H11BrClFO2. The maximum absolute atomic E-state index is 13.2. The molecule has 0 saturated heterocycles. The lowest BCUT2D eigenvalue weighted by atomic mass is 9.95. The zero-order valence-electron chi connectivity index (χ0n) is 10.3. The summed E-state index contributed by atoms with van der Waals surface area (Å²) in [4.78, 5) is 0. The van der Waals surface area contributed by atoms with Crippen molar-refractivity contribution in [1.82, 2.24) is 0 Å². The van der Waals surface area contributed by atoms with Gasteiger partial charge in [0, 0.05) is 16.5 Å².